The quantitative estimate of drug-likeness (QED) is 0.535. The van der Waals surface area contributed by atoms with Gasteiger partial charge in [-0.3, -0.25) is 9.36 Å². The molecule has 0 radical (unpaired) electrons. The zero-order valence-electron chi connectivity index (χ0n) is 14.7. The summed E-state index contributed by atoms with van der Waals surface area (Å²) in [4.78, 5) is 25.1. The summed E-state index contributed by atoms with van der Waals surface area (Å²) >= 11 is 1.70. The third kappa shape index (κ3) is 4.38. The number of aromatic nitrogens is 4. The highest BCUT2D eigenvalue weighted by Gasteiger charge is 2.06. The molecule has 0 unspecified atom stereocenters. The average molecular weight is 377 g/mol. The summed E-state index contributed by atoms with van der Waals surface area (Å²) in [6, 6.07) is 12.0. The van der Waals surface area contributed by atoms with Gasteiger partial charge in [0, 0.05) is 31.6 Å². The number of hydrogen-bond donors (Lipinski definition) is 1. The highest BCUT2D eigenvalue weighted by molar-refractivity contribution is 7.18. The van der Waals surface area contributed by atoms with Crippen molar-refractivity contribution in [3.63, 3.8) is 0 Å². The first-order valence-electron chi connectivity index (χ1n) is 8.82. The van der Waals surface area contributed by atoms with E-state index in [0.29, 0.717) is 13.0 Å². The van der Waals surface area contributed by atoms with Crippen molar-refractivity contribution in [2.24, 2.45) is 0 Å². The number of amides is 1. The number of pyridine rings is 1. The number of para-hydroxylation sites is 1. The van der Waals surface area contributed by atoms with Crippen LogP contribution in [0.15, 0.2) is 61.3 Å². The molecule has 27 heavy (non-hydrogen) atoms. The molecule has 0 atom stereocenters. The van der Waals surface area contributed by atoms with Crippen molar-refractivity contribution in [1.29, 1.82) is 0 Å². The molecule has 6 nitrogen and oxygen atoms in total. The van der Waals surface area contributed by atoms with E-state index < -0.39 is 0 Å². The lowest BCUT2D eigenvalue weighted by Gasteiger charge is -2.07. The summed E-state index contributed by atoms with van der Waals surface area (Å²) in [6.45, 7) is 0.490. The summed E-state index contributed by atoms with van der Waals surface area (Å²) in [5.74, 6) is 0.840. The van der Waals surface area contributed by atoms with Crippen LogP contribution in [-0.4, -0.2) is 25.4 Å². The van der Waals surface area contributed by atoms with Crippen LogP contribution >= 0.6 is 11.3 Å². The average Bonchev–Trinajstić information content (AvgIpc) is 3.36. The van der Waals surface area contributed by atoms with Crippen LogP contribution in [0.4, 0.5) is 0 Å². The van der Waals surface area contributed by atoms with Gasteiger partial charge in [0.05, 0.1) is 15.2 Å². The van der Waals surface area contributed by atoms with Crippen molar-refractivity contribution in [2.45, 2.75) is 25.8 Å². The molecule has 3 aromatic heterocycles. The number of hydrogen-bond acceptors (Lipinski definition) is 5. The molecule has 1 N–H and O–H groups in total. The maximum Gasteiger partial charge on any atom is 0.220 e. The minimum Gasteiger partial charge on any atom is -0.352 e. The van der Waals surface area contributed by atoms with E-state index in [2.05, 4.69) is 26.3 Å². The van der Waals surface area contributed by atoms with E-state index in [-0.39, 0.29) is 5.91 Å². The molecule has 0 aliphatic heterocycles. The molecule has 1 aromatic carbocycles. The summed E-state index contributed by atoms with van der Waals surface area (Å²) in [5.41, 5.74) is 2.04. The van der Waals surface area contributed by atoms with Gasteiger partial charge in [-0.25, -0.2) is 15.0 Å². The summed E-state index contributed by atoms with van der Waals surface area (Å²) in [7, 11) is 0. The molecule has 0 saturated carbocycles. The van der Waals surface area contributed by atoms with Gasteiger partial charge in [-0.05, 0) is 42.7 Å². The lowest BCUT2D eigenvalue weighted by atomic mass is 10.2. The zero-order chi connectivity index (χ0) is 18.5. The van der Waals surface area contributed by atoms with Crippen LogP contribution in [0, 0.1) is 0 Å². The standard InChI is InChI=1S/C20H19N5OS/c26-19(6-3-7-20-24-16-4-1-2-5-17(16)27-20)23-13-15-8-9-22-18(12-15)25-11-10-21-14-25/h1-2,4-5,8-12,14H,3,6-7,13H2,(H,23,26). The van der Waals surface area contributed by atoms with Gasteiger partial charge in [-0.2, -0.15) is 0 Å². The lowest BCUT2D eigenvalue weighted by Crippen LogP contribution is -2.22. The molecule has 0 fully saturated rings. The Morgan fingerprint density at radius 1 is 1.19 bits per heavy atom. The van der Waals surface area contributed by atoms with E-state index in [4.69, 9.17) is 0 Å². The number of aryl methyl sites for hydroxylation is 1. The third-order valence-corrected chi connectivity index (χ3v) is 5.30. The Morgan fingerprint density at radius 3 is 2.96 bits per heavy atom. The minimum atomic E-state index is 0.0529. The Morgan fingerprint density at radius 2 is 2.11 bits per heavy atom. The van der Waals surface area contributed by atoms with Crippen LogP contribution in [0.2, 0.25) is 0 Å². The minimum absolute atomic E-state index is 0.0529. The van der Waals surface area contributed by atoms with Crippen LogP contribution in [-0.2, 0) is 17.8 Å². The van der Waals surface area contributed by atoms with Crippen LogP contribution in [0.1, 0.15) is 23.4 Å². The van der Waals surface area contributed by atoms with Crippen molar-refractivity contribution in [3.05, 3.63) is 71.9 Å². The number of nitrogens with one attached hydrogen (secondary N) is 1. The number of benzene rings is 1. The first-order chi connectivity index (χ1) is 13.3. The van der Waals surface area contributed by atoms with Crippen molar-refractivity contribution in [3.8, 4) is 5.82 Å². The molecule has 1 amide bonds. The van der Waals surface area contributed by atoms with E-state index in [1.54, 1.807) is 30.1 Å². The maximum absolute atomic E-state index is 12.1. The zero-order valence-corrected chi connectivity index (χ0v) is 15.5. The van der Waals surface area contributed by atoms with E-state index >= 15 is 0 Å². The molecule has 4 aromatic rings. The topological polar surface area (TPSA) is 72.7 Å². The largest absolute Gasteiger partial charge is 0.352 e. The first-order valence-corrected chi connectivity index (χ1v) is 9.64. The van der Waals surface area contributed by atoms with Gasteiger partial charge < -0.3 is 5.32 Å². The molecule has 0 spiro atoms. The SMILES string of the molecule is O=C(CCCc1nc2ccccc2s1)NCc1ccnc(-n2ccnc2)c1. The van der Waals surface area contributed by atoms with Crippen molar-refractivity contribution < 1.29 is 4.79 Å². The Hall–Kier alpha value is -3.06. The molecule has 4 rings (SSSR count). The van der Waals surface area contributed by atoms with Crippen molar-refractivity contribution >= 4 is 27.5 Å². The normalized spacial score (nSPS) is 11.0. The van der Waals surface area contributed by atoms with E-state index in [1.807, 2.05) is 41.1 Å². The number of carbonyl (C=O) groups is 1. The summed E-state index contributed by atoms with van der Waals surface area (Å²) in [5, 5.41) is 4.06. The number of nitrogens with zero attached hydrogens (tertiary/aromatic N) is 4. The molecular formula is C20H19N5OS. The Labute approximate surface area is 160 Å². The fourth-order valence-electron chi connectivity index (χ4n) is 2.82. The van der Waals surface area contributed by atoms with Gasteiger partial charge in [0.15, 0.2) is 0 Å². The van der Waals surface area contributed by atoms with E-state index in [9.17, 15) is 4.79 Å². The highest BCUT2D eigenvalue weighted by atomic mass is 32.1. The van der Waals surface area contributed by atoms with Gasteiger partial charge >= 0.3 is 0 Å². The molecule has 0 aliphatic rings. The van der Waals surface area contributed by atoms with Crippen LogP contribution in [0.3, 0.4) is 0 Å². The maximum atomic E-state index is 12.1. The van der Waals surface area contributed by atoms with Crippen LogP contribution in [0.5, 0.6) is 0 Å². The smallest absolute Gasteiger partial charge is 0.220 e. The second kappa shape index (κ2) is 8.09. The van der Waals surface area contributed by atoms with Gasteiger partial charge in [0.1, 0.15) is 12.1 Å². The molecule has 136 valence electrons. The lowest BCUT2D eigenvalue weighted by molar-refractivity contribution is -0.121. The number of fused-ring (bicyclic) bond motifs is 1. The number of carbonyl (C=O) groups excluding carboxylic acids is 1. The molecule has 3 heterocycles. The molecule has 7 heteroatoms. The Bertz CT molecular complexity index is 1010. The van der Waals surface area contributed by atoms with Gasteiger partial charge in [0.25, 0.3) is 0 Å². The summed E-state index contributed by atoms with van der Waals surface area (Å²) in [6.07, 6.45) is 9.11. The third-order valence-electron chi connectivity index (χ3n) is 4.20. The second-order valence-electron chi connectivity index (χ2n) is 6.20. The molecule has 0 bridgehead atoms. The monoisotopic (exact) mass is 377 g/mol. The van der Waals surface area contributed by atoms with Gasteiger partial charge in [0.2, 0.25) is 5.91 Å². The van der Waals surface area contributed by atoms with E-state index in [0.717, 1.165) is 34.7 Å². The van der Waals surface area contributed by atoms with Crippen LogP contribution < -0.4 is 5.32 Å². The molecular weight excluding hydrogens is 358 g/mol. The highest BCUT2D eigenvalue weighted by Crippen LogP contribution is 2.22. The van der Waals surface area contributed by atoms with Crippen LogP contribution in [0.25, 0.3) is 16.0 Å². The Balaban J connectivity index is 1.25. The predicted octanol–water partition coefficient (Wildman–Crippen LogP) is 3.52. The van der Waals surface area contributed by atoms with E-state index in [1.165, 1.54) is 4.70 Å². The fourth-order valence-corrected chi connectivity index (χ4v) is 3.83. The first kappa shape index (κ1) is 17.4. The number of thiazole rings is 1. The fraction of sp³-hybridized carbons (Fsp3) is 0.200. The van der Waals surface area contributed by atoms with Crippen molar-refractivity contribution in [1.82, 2.24) is 24.8 Å². The van der Waals surface area contributed by atoms with Crippen molar-refractivity contribution in [2.75, 3.05) is 0 Å². The Kier molecular flexibility index (Phi) is 5.20. The predicted molar refractivity (Wildman–Crippen MR) is 106 cm³/mol. The van der Waals surface area contributed by atoms with Gasteiger partial charge in [-0.1, -0.05) is 12.1 Å². The van der Waals surface area contributed by atoms with Gasteiger partial charge in [-0.15, -0.1) is 11.3 Å². The number of rotatable bonds is 7. The second-order valence-corrected chi connectivity index (χ2v) is 7.31. The summed E-state index contributed by atoms with van der Waals surface area (Å²) < 4.78 is 3.03. The number of imidazole rings is 1. The molecule has 0 saturated heterocycles. The molecule has 0 aliphatic carbocycles.